The largest absolute Gasteiger partial charge is 0.394 e. The summed E-state index contributed by atoms with van der Waals surface area (Å²) in [7, 11) is 0. The number of hydrogen-bond acceptors (Lipinski definition) is 3. The maximum atomic E-state index is 12.4. The van der Waals surface area contributed by atoms with Crippen molar-refractivity contribution >= 4 is 17.7 Å². The minimum atomic E-state index is -2.57. The van der Waals surface area contributed by atoms with Gasteiger partial charge in [-0.2, -0.15) is 8.78 Å². The number of carbonyl (C=O) groups is 1. The fourth-order valence-corrected chi connectivity index (χ4v) is 2.03. The van der Waals surface area contributed by atoms with Crippen molar-refractivity contribution in [2.24, 2.45) is 0 Å². The van der Waals surface area contributed by atoms with Crippen LogP contribution in [0.15, 0.2) is 29.2 Å². The zero-order chi connectivity index (χ0) is 13.5. The Kier molecular flexibility index (Phi) is 6.07. The lowest BCUT2D eigenvalue weighted by Crippen LogP contribution is -2.37. The summed E-state index contributed by atoms with van der Waals surface area (Å²) in [6, 6.07) is 5.83. The van der Waals surface area contributed by atoms with Gasteiger partial charge in [0.15, 0.2) is 0 Å². The molecular weight excluding hydrogens is 260 g/mol. The second-order valence-corrected chi connectivity index (χ2v) is 4.67. The number of halogens is 2. The predicted molar refractivity (Wildman–Crippen MR) is 66.9 cm³/mol. The van der Waals surface area contributed by atoms with Crippen LogP contribution in [0.2, 0.25) is 0 Å². The van der Waals surface area contributed by atoms with E-state index in [9.17, 15) is 13.6 Å². The van der Waals surface area contributed by atoms with Crippen molar-refractivity contribution in [3.63, 3.8) is 0 Å². The molecule has 0 unspecified atom stereocenters. The van der Waals surface area contributed by atoms with Crippen LogP contribution in [0.5, 0.6) is 0 Å². The zero-order valence-electron chi connectivity index (χ0n) is 9.90. The maximum Gasteiger partial charge on any atom is 0.288 e. The molecule has 0 aliphatic heterocycles. The average molecular weight is 275 g/mol. The van der Waals surface area contributed by atoms with E-state index in [1.807, 2.05) is 6.92 Å². The van der Waals surface area contributed by atoms with E-state index in [1.54, 1.807) is 12.1 Å². The van der Waals surface area contributed by atoms with Crippen molar-refractivity contribution in [2.75, 3.05) is 6.61 Å². The zero-order valence-corrected chi connectivity index (χ0v) is 10.7. The number of rotatable bonds is 6. The molecule has 0 spiro atoms. The number of aliphatic hydroxyl groups excluding tert-OH is 1. The number of thioether (sulfide) groups is 1. The van der Waals surface area contributed by atoms with Gasteiger partial charge in [0.05, 0.1) is 18.2 Å². The monoisotopic (exact) mass is 275 g/mol. The van der Waals surface area contributed by atoms with Crippen LogP contribution in [0.3, 0.4) is 0 Å². The fourth-order valence-electron chi connectivity index (χ4n) is 1.39. The molecule has 1 amide bonds. The number of benzene rings is 1. The first kappa shape index (κ1) is 14.9. The SMILES string of the molecule is CC[C@@H](CO)NC(=O)c1ccccc1SC(F)F. The van der Waals surface area contributed by atoms with Crippen molar-refractivity contribution in [3.05, 3.63) is 29.8 Å². The Morgan fingerprint density at radius 1 is 1.44 bits per heavy atom. The molecule has 0 aliphatic rings. The number of carbonyl (C=O) groups excluding carboxylic acids is 1. The highest BCUT2D eigenvalue weighted by Gasteiger charge is 2.17. The van der Waals surface area contributed by atoms with Crippen LogP contribution < -0.4 is 5.32 Å². The van der Waals surface area contributed by atoms with E-state index in [-0.39, 0.29) is 23.1 Å². The van der Waals surface area contributed by atoms with Crippen molar-refractivity contribution in [3.8, 4) is 0 Å². The highest BCUT2D eigenvalue weighted by Crippen LogP contribution is 2.28. The molecule has 1 atom stereocenters. The van der Waals surface area contributed by atoms with Crippen LogP contribution in [0.1, 0.15) is 23.7 Å². The smallest absolute Gasteiger partial charge is 0.288 e. The van der Waals surface area contributed by atoms with Gasteiger partial charge in [-0.05, 0) is 18.6 Å². The van der Waals surface area contributed by atoms with Crippen LogP contribution in [0, 0.1) is 0 Å². The Morgan fingerprint density at radius 3 is 2.67 bits per heavy atom. The van der Waals surface area contributed by atoms with Crippen molar-refractivity contribution < 1.29 is 18.7 Å². The van der Waals surface area contributed by atoms with Gasteiger partial charge in [0, 0.05) is 4.90 Å². The van der Waals surface area contributed by atoms with Crippen LogP contribution >= 0.6 is 11.8 Å². The summed E-state index contributed by atoms with van der Waals surface area (Å²) in [6.45, 7) is 1.65. The van der Waals surface area contributed by atoms with E-state index in [0.29, 0.717) is 18.2 Å². The minimum absolute atomic E-state index is 0.174. The van der Waals surface area contributed by atoms with Crippen molar-refractivity contribution in [1.29, 1.82) is 0 Å². The first-order valence-electron chi connectivity index (χ1n) is 5.54. The number of amides is 1. The predicted octanol–water partition coefficient (Wildman–Crippen LogP) is 2.50. The molecule has 0 saturated carbocycles. The first-order valence-corrected chi connectivity index (χ1v) is 6.42. The average Bonchev–Trinajstić information content (AvgIpc) is 2.35. The highest BCUT2D eigenvalue weighted by molar-refractivity contribution is 7.99. The number of nitrogens with one attached hydrogen (secondary N) is 1. The van der Waals surface area contributed by atoms with Gasteiger partial charge in [0.1, 0.15) is 0 Å². The summed E-state index contributed by atoms with van der Waals surface area (Å²) >= 11 is 0.339. The van der Waals surface area contributed by atoms with Gasteiger partial charge in [0.25, 0.3) is 11.7 Å². The van der Waals surface area contributed by atoms with Crippen molar-refractivity contribution in [2.45, 2.75) is 30.0 Å². The van der Waals surface area contributed by atoms with E-state index < -0.39 is 11.7 Å². The molecule has 6 heteroatoms. The highest BCUT2D eigenvalue weighted by atomic mass is 32.2. The van der Waals surface area contributed by atoms with E-state index in [4.69, 9.17) is 5.11 Å². The van der Waals surface area contributed by atoms with Crippen molar-refractivity contribution in [1.82, 2.24) is 5.32 Å². The molecule has 2 N–H and O–H groups in total. The molecule has 0 aliphatic carbocycles. The summed E-state index contributed by atoms with van der Waals surface area (Å²) in [4.78, 5) is 12.1. The Hall–Kier alpha value is -1.14. The second-order valence-electron chi connectivity index (χ2n) is 3.64. The summed E-state index contributed by atoms with van der Waals surface area (Å²) in [5.74, 6) is -3.02. The number of alkyl halides is 2. The molecule has 0 fully saturated rings. The molecule has 0 aromatic heterocycles. The lowest BCUT2D eigenvalue weighted by molar-refractivity contribution is 0.0912. The topological polar surface area (TPSA) is 49.3 Å². The molecular formula is C12H15F2NO2S. The molecule has 1 aromatic carbocycles. The quantitative estimate of drug-likeness (QED) is 0.784. The molecule has 0 bridgehead atoms. The van der Waals surface area contributed by atoms with Gasteiger partial charge in [-0.15, -0.1) is 0 Å². The van der Waals surface area contributed by atoms with E-state index >= 15 is 0 Å². The Balaban J connectivity index is 2.84. The van der Waals surface area contributed by atoms with Crippen LogP contribution in [-0.2, 0) is 0 Å². The minimum Gasteiger partial charge on any atom is -0.394 e. The third-order valence-electron chi connectivity index (χ3n) is 2.40. The summed E-state index contributed by atoms with van der Waals surface area (Å²) in [5.41, 5.74) is 0.203. The molecule has 0 saturated heterocycles. The van der Waals surface area contributed by atoms with E-state index in [1.165, 1.54) is 12.1 Å². The summed E-state index contributed by atoms with van der Waals surface area (Å²) < 4.78 is 24.7. The van der Waals surface area contributed by atoms with E-state index in [2.05, 4.69) is 5.32 Å². The maximum absolute atomic E-state index is 12.4. The lowest BCUT2D eigenvalue weighted by atomic mass is 10.2. The van der Waals surface area contributed by atoms with Crippen LogP contribution in [0.4, 0.5) is 8.78 Å². The van der Waals surface area contributed by atoms with Crippen LogP contribution in [-0.4, -0.2) is 29.4 Å². The van der Waals surface area contributed by atoms with E-state index in [0.717, 1.165) is 0 Å². The normalized spacial score (nSPS) is 12.5. The lowest BCUT2D eigenvalue weighted by Gasteiger charge is -2.15. The van der Waals surface area contributed by atoms with Crippen LogP contribution in [0.25, 0.3) is 0 Å². The van der Waals surface area contributed by atoms with Gasteiger partial charge in [-0.1, -0.05) is 30.8 Å². The molecule has 18 heavy (non-hydrogen) atoms. The summed E-state index contributed by atoms with van der Waals surface area (Å²) in [5, 5.41) is 11.6. The number of hydrogen-bond donors (Lipinski definition) is 2. The molecule has 3 nitrogen and oxygen atoms in total. The Bertz CT molecular complexity index is 397. The van der Waals surface area contributed by atoms with Gasteiger partial charge in [0.2, 0.25) is 0 Å². The van der Waals surface area contributed by atoms with Gasteiger partial charge >= 0.3 is 0 Å². The van der Waals surface area contributed by atoms with Gasteiger partial charge in [-0.3, -0.25) is 4.79 Å². The Morgan fingerprint density at radius 2 is 2.11 bits per heavy atom. The third kappa shape index (κ3) is 4.27. The fraction of sp³-hybridized carbons (Fsp3) is 0.417. The first-order chi connectivity index (χ1) is 8.58. The molecule has 100 valence electrons. The molecule has 0 radical (unpaired) electrons. The molecule has 0 heterocycles. The van der Waals surface area contributed by atoms with Gasteiger partial charge in [-0.25, -0.2) is 0 Å². The third-order valence-corrected chi connectivity index (χ3v) is 3.18. The second kappa shape index (κ2) is 7.33. The standard InChI is InChI=1S/C12H15F2NO2S/c1-2-8(7-16)15-11(17)9-5-3-4-6-10(9)18-12(13)14/h3-6,8,12,16H,2,7H2,1H3,(H,15,17)/t8-/m0/s1. The van der Waals surface area contributed by atoms with Gasteiger partial charge < -0.3 is 10.4 Å². The molecule has 1 aromatic rings. The summed E-state index contributed by atoms with van der Waals surface area (Å²) in [6.07, 6.45) is 0.576. The molecule has 1 rings (SSSR count). The Labute approximate surface area is 109 Å². The number of aliphatic hydroxyl groups is 1.